The number of allylic oxidation sites excluding steroid dienone is 1. The van der Waals surface area contributed by atoms with E-state index in [0.717, 1.165) is 12.8 Å². The highest BCUT2D eigenvalue weighted by atomic mass is 16.3. The van der Waals surface area contributed by atoms with Gasteiger partial charge in [-0.1, -0.05) is 32.9 Å². The van der Waals surface area contributed by atoms with Gasteiger partial charge in [-0.25, -0.2) is 0 Å². The van der Waals surface area contributed by atoms with Gasteiger partial charge in [-0.2, -0.15) is 0 Å². The Hall–Kier alpha value is -0.340. The first-order valence-corrected chi connectivity index (χ1v) is 6.96. The van der Waals surface area contributed by atoms with Crippen LogP contribution in [0.1, 0.15) is 47.0 Å². The van der Waals surface area contributed by atoms with Gasteiger partial charge < -0.3 is 10.2 Å². The molecule has 0 bridgehead atoms. The van der Waals surface area contributed by atoms with E-state index < -0.39 is 6.10 Å². The van der Waals surface area contributed by atoms with E-state index in [1.165, 1.54) is 0 Å². The van der Waals surface area contributed by atoms with E-state index in [4.69, 9.17) is 0 Å². The molecule has 17 heavy (non-hydrogen) atoms. The van der Waals surface area contributed by atoms with Crippen molar-refractivity contribution < 1.29 is 10.2 Å². The summed E-state index contributed by atoms with van der Waals surface area (Å²) < 4.78 is 0. The monoisotopic (exact) mass is 240 g/mol. The first-order chi connectivity index (χ1) is 7.99. The highest BCUT2D eigenvalue weighted by Crippen LogP contribution is 2.39. The molecule has 0 aromatic heterocycles. The van der Waals surface area contributed by atoms with E-state index in [2.05, 4.69) is 20.8 Å². The summed E-state index contributed by atoms with van der Waals surface area (Å²) in [4.78, 5) is 0. The molecule has 5 atom stereocenters. The van der Waals surface area contributed by atoms with E-state index in [-0.39, 0.29) is 12.0 Å². The number of rotatable bonds is 4. The van der Waals surface area contributed by atoms with Crippen molar-refractivity contribution >= 4 is 0 Å². The average Bonchev–Trinajstić information content (AvgIpc) is 2.25. The molecule has 0 aliphatic heterocycles. The third-order valence-electron chi connectivity index (χ3n) is 4.36. The minimum absolute atomic E-state index is 0.0346. The van der Waals surface area contributed by atoms with Crippen LogP contribution in [0.2, 0.25) is 0 Å². The van der Waals surface area contributed by atoms with Gasteiger partial charge in [0.1, 0.15) is 0 Å². The summed E-state index contributed by atoms with van der Waals surface area (Å²) in [5, 5.41) is 20.7. The molecule has 2 heteroatoms. The maximum atomic E-state index is 10.5. The van der Waals surface area contributed by atoms with E-state index in [0.29, 0.717) is 24.2 Å². The van der Waals surface area contributed by atoms with Gasteiger partial charge in [-0.3, -0.25) is 0 Å². The molecule has 0 spiro atoms. The number of aliphatic hydroxyl groups is 2. The van der Waals surface area contributed by atoms with Gasteiger partial charge in [0, 0.05) is 5.92 Å². The van der Waals surface area contributed by atoms with E-state index in [1.54, 1.807) is 0 Å². The van der Waals surface area contributed by atoms with Crippen LogP contribution in [-0.4, -0.2) is 22.4 Å². The van der Waals surface area contributed by atoms with Crippen molar-refractivity contribution in [3.05, 3.63) is 12.2 Å². The Balaban J connectivity index is 2.72. The fourth-order valence-corrected chi connectivity index (χ4v) is 3.21. The van der Waals surface area contributed by atoms with Gasteiger partial charge in [0.05, 0.1) is 12.2 Å². The second-order valence-corrected chi connectivity index (χ2v) is 5.90. The second kappa shape index (κ2) is 6.55. The summed E-state index contributed by atoms with van der Waals surface area (Å²) in [6.45, 7) is 8.45. The van der Waals surface area contributed by atoms with Crippen LogP contribution >= 0.6 is 0 Å². The highest BCUT2D eigenvalue weighted by Gasteiger charge is 2.40. The normalized spacial score (nSPS) is 36.6. The molecule has 0 heterocycles. The Bertz CT molecular complexity index is 247. The van der Waals surface area contributed by atoms with Crippen molar-refractivity contribution in [1.82, 2.24) is 0 Å². The largest absolute Gasteiger partial charge is 0.392 e. The SMILES string of the molecule is C/C=C/CC(O)[C@H]1C(O)[C@@H](C(C)C)CC[C@H]1C. The van der Waals surface area contributed by atoms with Crippen LogP contribution in [0.3, 0.4) is 0 Å². The predicted molar refractivity (Wildman–Crippen MR) is 71.7 cm³/mol. The van der Waals surface area contributed by atoms with Gasteiger partial charge in [0.15, 0.2) is 0 Å². The minimum Gasteiger partial charge on any atom is -0.392 e. The predicted octanol–water partition coefficient (Wildman–Crippen LogP) is 2.99. The molecule has 1 aliphatic carbocycles. The molecular formula is C15H28O2. The highest BCUT2D eigenvalue weighted by molar-refractivity contribution is 4.93. The Morgan fingerprint density at radius 2 is 1.94 bits per heavy atom. The first-order valence-electron chi connectivity index (χ1n) is 6.96. The molecule has 1 saturated carbocycles. The van der Waals surface area contributed by atoms with Crippen LogP contribution in [-0.2, 0) is 0 Å². The van der Waals surface area contributed by atoms with Crippen LogP contribution in [0.5, 0.6) is 0 Å². The topological polar surface area (TPSA) is 40.5 Å². The lowest BCUT2D eigenvalue weighted by molar-refractivity contribution is -0.0795. The van der Waals surface area contributed by atoms with Crippen LogP contribution in [0.25, 0.3) is 0 Å². The molecule has 0 aromatic carbocycles. The Labute approximate surface area is 106 Å². The van der Waals surface area contributed by atoms with Crippen LogP contribution in [0.4, 0.5) is 0 Å². The summed E-state index contributed by atoms with van der Waals surface area (Å²) in [5.41, 5.74) is 0. The number of hydrogen-bond donors (Lipinski definition) is 2. The molecule has 0 aromatic rings. The first kappa shape index (κ1) is 14.7. The molecule has 0 amide bonds. The van der Waals surface area contributed by atoms with Crippen LogP contribution in [0, 0.1) is 23.7 Å². The zero-order valence-electron chi connectivity index (χ0n) is 11.6. The molecule has 1 aliphatic rings. The molecule has 1 fully saturated rings. The quantitative estimate of drug-likeness (QED) is 0.742. The maximum Gasteiger partial charge on any atom is 0.0630 e. The third kappa shape index (κ3) is 3.56. The smallest absolute Gasteiger partial charge is 0.0630 e. The molecule has 2 nitrogen and oxygen atoms in total. The third-order valence-corrected chi connectivity index (χ3v) is 4.36. The van der Waals surface area contributed by atoms with Crippen molar-refractivity contribution in [1.29, 1.82) is 0 Å². The van der Waals surface area contributed by atoms with E-state index in [1.807, 2.05) is 19.1 Å². The van der Waals surface area contributed by atoms with E-state index >= 15 is 0 Å². The summed E-state index contributed by atoms with van der Waals surface area (Å²) in [6, 6.07) is 0. The number of hydrogen-bond acceptors (Lipinski definition) is 2. The average molecular weight is 240 g/mol. The van der Waals surface area contributed by atoms with Crippen molar-refractivity contribution in [3.63, 3.8) is 0 Å². The van der Waals surface area contributed by atoms with Gasteiger partial charge >= 0.3 is 0 Å². The molecule has 2 N–H and O–H groups in total. The lowest BCUT2D eigenvalue weighted by atomic mass is 9.67. The number of aliphatic hydroxyl groups excluding tert-OH is 2. The van der Waals surface area contributed by atoms with Crippen LogP contribution < -0.4 is 0 Å². The Kier molecular flexibility index (Phi) is 5.68. The summed E-state index contributed by atoms with van der Waals surface area (Å²) >= 11 is 0. The van der Waals surface area contributed by atoms with Gasteiger partial charge in [-0.05, 0) is 43.9 Å². The van der Waals surface area contributed by atoms with Gasteiger partial charge in [-0.15, -0.1) is 0 Å². The van der Waals surface area contributed by atoms with Crippen molar-refractivity contribution in [3.8, 4) is 0 Å². The Morgan fingerprint density at radius 1 is 1.29 bits per heavy atom. The molecule has 1 rings (SSSR count). The summed E-state index contributed by atoms with van der Waals surface area (Å²) in [5.74, 6) is 1.29. The second-order valence-electron chi connectivity index (χ2n) is 5.90. The van der Waals surface area contributed by atoms with Crippen molar-refractivity contribution in [2.75, 3.05) is 0 Å². The van der Waals surface area contributed by atoms with Crippen molar-refractivity contribution in [2.24, 2.45) is 23.7 Å². The minimum atomic E-state index is -0.405. The molecule has 100 valence electrons. The molecule has 0 radical (unpaired) electrons. The lowest BCUT2D eigenvalue weighted by Gasteiger charge is -2.43. The fraction of sp³-hybridized carbons (Fsp3) is 0.867. The zero-order valence-corrected chi connectivity index (χ0v) is 11.6. The molecule has 2 unspecified atom stereocenters. The standard InChI is InChI=1S/C15H28O2/c1-5-6-7-13(16)14-11(4)8-9-12(10(2)3)15(14)17/h5-6,10-17H,7-9H2,1-4H3/b6-5+/t11-,12-,13?,14+,15?/m1/s1. The van der Waals surface area contributed by atoms with E-state index in [9.17, 15) is 10.2 Å². The molecule has 0 saturated heterocycles. The van der Waals surface area contributed by atoms with Gasteiger partial charge in [0.2, 0.25) is 0 Å². The van der Waals surface area contributed by atoms with Crippen molar-refractivity contribution in [2.45, 2.75) is 59.2 Å². The summed E-state index contributed by atoms with van der Waals surface area (Å²) in [6.07, 6.45) is 6.07. The zero-order chi connectivity index (χ0) is 13.0. The van der Waals surface area contributed by atoms with Gasteiger partial charge in [0.25, 0.3) is 0 Å². The molecular weight excluding hydrogens is 212 g/mol. The Morgan fingerprint density at radius 3 is 2.47 bits per heavy atom. The van der Waals surface area contributed by atoms with Crippen LogP contribution in [0.15, 0.2) is 12.2 Å². The fourth-order valence-electron chi connectivity index (χ4n) is 3.21. The lowest BCUT2D eigenvalue weighted by Crippen LogP contribution is -2.46. The summed E-state index contributed by atoms with van der Waals surface area (Å²) in [7, 11) is 0. The maximum absolute atomic E-state index is 10.5.